The average Bonchev–Trinajstić information content (AvgIpc) is 2.54. The number of carbonyl (C=O) groups is 6. The largest absolute Gasteiger partial charge is 0.480 e. The highest BCUT2D eigenvalue weighted by Gasteiger charge is 2.62. The molecule has 1 atom stereocenters. The molecule has 0 spiro atoms. The molecule has 1 rings (SSSR count). The summed E-state index contributed by atoms with van der Waals surface area (Å²) in [5.74, 6) is -9.29. The van der Waals surface area contributed by atoms with Crippen molar-refractivity contribution >= 4 is 34.9 Å². The van der Waals surface area contributed by atoms with Crippen molar-refractivity contribution in [2.75, 3.05) is 0 Å². The third-order valence-electron chi connectivity index (χ3n) is 3.23. The lowest BCUT2D eigenvalue weighted by atomic mass is 9.71. The van der Waals surface area contributed by atoms with E-state index in [1.165, 1.54) is 0 Å². The van der Waals surface area contributed by atoms with Gasteiger partial charge in [-0.1, -0.05) is 0 Å². The maximum Gasteiger partial charge on any atom is 0.321 e. The molecule has 0 aromatic heterocycles. The van der Waals surface area contributed by atoms with Crippen molar-refractivity contribution in [2.24, 2.45) is 11.3 Å². The van der Waals surface area contributed by atoms with Gasteiger partial charge in [-0.25, -0.2) is 0 Å². The quantitative estimate of drug-likeness (QED) is 0.657. The van der Waals surface area contributed by atoms with Crippen molar-refractivity contribution in [1.82, 2.24) is 0 Å². The molecule has 1 fully saturated rings. The zero-order chi connectivity index (χ0) is 15.0. The number of carboxylic acid groups (broad SMARTS) is 1. The normalized spacial score (nSPS) is 19.1. The number of rotatable bonds is 5. The van der Waals surface area contributed by atoms with Crippen molar-refractivity contribution in [3.05, 3.63) is 0 Å². The summed E-state index contributed by atoms with van der Waals surface area (Å²) in [5.41, 5.74) is -2.60. The molecule has 0 amide bonds. The lowest BCUT2D eigenvalue weighted by molar-refractivity contribution is -0.157. The van der Waals surface area contributed by atoms with Crippen LogP contribution in [0.3, 0.4) is 0 Å². The molecule has 7 heteroatoms. The van der Waals surface area contributed by atoms with E-state index in [4.69, 9.17) is 5.11 Å². The van der Waals surface area contributed by atoms with Crippen molar-refractivity contribution in [2.45, 2.75) is 26.7 Å². The number of ketones is 5. The van der Waals surface area contributed by atoms with Gasteiger partial charge in [-0.05, 0) is 13.8 Å². The van der Waals surface area contributed by atoms with Gasteiger partial charge in [-0.2, -0.15) is 0 Å². The lowest BCUT2D eigenvalue weighted by Gasteiger charge is -2.23. The molecule has 0 radical (unpaired) electrons. The topological polar surface area (TPSA) is 123 Å². The van der Waals surface area contributed by atoms with E-state index in [0.717, 1.165) is 13.8 Å². The second kappa shape index (κ2) is 4.83. The van der Waals surface area contributed by atoms with Crippen molar-refractivity contribution in [1.29, 1.82) is 0 Å². The minimum absolute atomic E-state index is 0.297. The predicted octanol–water partition coefficient (Wildman–Crippen LogP) is -0.647. The van der Waals surface area contributed by atoms with Crippen LogP contribution in [0.5, 0.6) is 0 Å². The summed E-state index contributed by atoms with van der Waals surface area (Å²) in [4.78, 5) is 69.5. The van der Waals surface area contributed by atoms with Gasteiger partial charge in [0.15, 0.2) is 34.8 Å². The molecular formula is C12H12O7. The second-order valence-corrected chi connectivity index (χ2v) is 4.40. The van der Waals surface area contributed by atoms with E-state index >= 15 is 0 Å². The summed E-state index contributed by atoms with van der Waals surface area (Å²) in [6.45, 7) is 1.73. The molecule has 0 saturated heterocycles. The number of aliphatic carboxylic acids is 1. The molecule has 1 N–H and O–H groups in total. The summed E-state index contributed by atoms with van der Waals surface area (Å²) in [5, 5.41) is 8.87. The van der Waals surface area contributed by atoms with Crippen LogP contribution in [0.4, 0.5) is 0 Å². The molecule has 0 aliphatic heterocycles. The third kappa shape index (κ3) is 2.00. The molecule has 1 aliphatic carbocycles. The van der Waals surface area contributed by atoms with Crippen molar-refractivity contribution < 1.29 is 33.9 Å². The Kier molecular flexibility index (Phi) is 3.78. The zero-order valence-corrected chi connectivity index (χ0v) is 10.4. The van der Waals surface area contributed by atoms with Gasteiger partial charge in [-0.3, -0.25) is 28.8 Å². The molecular weight excluding hydrogens is 256 g/mol. The van der Waals surface area contributed by atoms with E-state index < -0.39 is 46.2 Å². The van der Waals surface area contributed by atoms with Crippen LogP contribution in [0, 0.1) is 11.3 Å². The number of carboxylic acids is 1. The van der Waals surface area contributed by atoms with Gasteiger partial charge in [-0.15, -0.1) is 0 Å². The minimum Gasteiger partial charge on any atom is -0.480 e. The Hall–Kier alpha value is -2.18. The van der Waals surface area contributed by atoms with Crippen LogP contribution in [0.2, 0.25) is 0 Å². The first-order valence-corrected chi connectivity index (χ1v) is 5.52. The van der Waals surface area contributed by atoms with E-state index in [0.29, 0.717) is 0 Å². The molecule has 1 unspecified atom stereocenters. The van der Waals surface area contributed by atoms with Gasteiger partial charge in [0.25, 0.3) is 0 Å². The Morgan fingerprint density at radius 3 is 1.74 bits per heavy atom. The molecule has 7 nitrogen and oxygen atoms in total. The first-order valence-electron chi connectivity index (χ1n) is 5.52. The Morgan fingerprint density at radius 1 is 1.05 bits per heavy atom. The molecule has 1 saturated carbocycles. The van der Waals surface area contributed by atoms with Gasteiger partial charge in [0.2, 0.25) is 5.41 Å². The Morgan fingerprint density at radius 2 is 1.47 bits per heavy atom. The standard InChI is InChI=1S/C12H12O7/c1-5(13)9(11(18)19)10(17)12(6(2)14)7(15)3-4-8(12)16/h9H,3-4H2,1-2H3,(H,18,19). The zero-order valence-electron chi connectivity index (χ0n) is 10.4. The first kappa shape index (κ1) is 14.9. The van der Waals surface area contributed by atoms with Crippen LogP contribution in [0.25, 0.3) is 0 Å². The van der Waals surface area contributed by atoms with Crippen LogP contribution >= 0.6 is 0 Å². The Labute approximate surface area is 108 Å². The second-order valence-electron chi connectivity index (χ2n) is 4.40. The smallest absolute Gasteiger partial charge is 0.321 e. The maximum atomic E-state index is 12.1. The van der Waals surface area contributed by atoms with E-state index in [2.05, 4.69) is 0 Å². The molecule has 19 heavy (non-hydrogen) atoms. The summed E-state index contributed by atoms with van der Waals surface area (Å²) in [7, 11) is 0. The molecule has 0 bridgehead atoms. The van der Waals surface area contributed by atoms with Crippen LogP contribution < -0.4 is 0 Å². The number of carbonyl (C=O) groups excluding carboxylic acids is 5. The highest BCUT2D eigenvalue weighted by atomic mass is 16.4. The lowest BCUT2D eigenvalue weighted by Crippen LogP contribution is -2.52. The van der Waals surface area contributed by atoms with Crippen LogP contribution in [0.15, 0.2) is 0 Å². The fourth-order valence-electron chi connectivity index (χ4n) is 2.29. The summed E-state index contributed by atoms with van der Waals surface area (Å²) < 4.78 is 0. The van der Waals surface area contributed by atoms with E-state index in [1.807, 2.05) is 0 Å². The first-order chi connectivity index (χ1) is 8.67. The molecule has 0 heterocycles. The van der Waals surface area contributed by atoms with E-state index in [1.54, 1.807) is 0 Å². The highest BCUT2D eigenvalue weighted by Crippen LogP contribution is 2.36. The fourth-order valence-corrected chi connectivity index (χ4v) is 2.29. The van der Waals surface area contributed by atoms with Crippen molar-refractivity contribution in [3.63, 3.8) is 0 Å². The minimum atomic E-state index is -2.60. The van der Waals surface area contributed by atoms with Crippen LogP contribution in [-0.2, 0) is 28.8 Å². The summed E-state index contributed by atoms with van der Waals surface area (Å²) in [6, 6.07) is 0. The Bertz CT molecular complexity index is 484. The third-order valence-corrected chi connectivity index (χ3v) is 3.23. The van der Waals surface area contributed by atoms with Crippen LogP contribution in [-0.4, -0.2) is 40.0 Å². The van der Waals surface area contributed by atoms with Gasteiger partial charge >= 0.3 is 5.97 Å². The summed E-state index contributed by atoms with van der Waals surface area (Å²) in [6.07, 6.45) is -0.594. The SMILES string of the molecule is CC(=O)C(C(=O)O)C(=O)C1(C(C)=O)C(=O)CCC1=O. The molecule has 1 aliphatic rings. The Balaban J connectivity index is 3.44. The summed E-state index contributed by atoms with van der Waals surface area (Å²) >= 11 is 0. The van der Waals surface area contributed by atoms with Gasteiger partial charge in [0, 0.05) is 12.8 Å². The fraction of sp³-hybridized carbons (Fsp3) is 0.500. The average molecular weight is 268 g/mol. The van der Waals surface area contributed by atoms with Gasteiger partial charge < -0.3 is 5.11 Å². The van der Waals surface area contributed by atoms with Gasteiger partial charge in [0.05, 0.1) is 0 Å². The van der Waals surface area contributed by atoms with Crippen molar-refractivity contribution in [3.8, 4) is 0 Å². The van der Waals surface area contributed by atoms with Crippen LogP contribution in [0.1, 0.15) is 26.7 Å². The van der Waals surface area contributed by atoms with Gasteiger partial charge in [0.1, 0.15) is 0 Å². The predicted molar refractivity (Wildman–Crippen MR) is 59.2 cm³/mol. The monoisotopic (exact) mass is 268 g/mol. The van der Waals surface area contributed by atoms with E-state index in [-0.39, 0.29) is 12.8 Å². The number of Topliss-reactive ketones (excluding diaryl/α,β-unsaturated/α-hetero) is 5. The maximum absolute atomic E-state index is 12.1. The molecule has 0 aromatic rings. The number of hydrogen-bond donors (Lipinski definition) is 1. The van der Waals surface area contributed by atoms with E-state index in [9.17, 15) is 28.8 Å². The highest BCUT2D eigenvalue weighted by molar-refractivity contribution is 6.44. The number of hydrogen-bond acceptors (Lipinski definition) is 6. The molecule has 0 aromatic carbocycles. The molecule has 102 valence electrons.